The zero-order chi connectivity index (χ0) is 16.8. The largest absolute Gasteiger partial charge is 0.377 e. The predicted octanol–water partition coefficient (Wildman–Crippen LogP) is 3.19. The monoisotopic (exact) mass is 368 g/mol. The first kappa shape index (κ1) is 18.1. The van der Waals surface area contributed by atoms with E-state index in [9.17, 15) is 4.79 Å². The highest BCUT2D eigenvalue weighted by Gasteiger charge is 2.24. The molecule has 1 atom stereocenters. The maximum atomic E-state index is 12.1. The van der Waals surface area contributed by atoms with E-state index < -0.39 is 0 Å². The van der Waals surface area contributed by atoms with E-state index in [-0.39, 0.29) is 5.91 Å². The van der Waals surface area contributed by atoms with Crippen LogP contribution in [0.15, 0.2) is 29.2 Å². The van der Waals surface area contributed by atoms with Crippen LogP contribution in [-0.2, 0) is 9.53 Å². The topological polar surface area (TPSA) is 41.6 Å². The molecule has 1 N–H and O–H groups in total. The van der Waals surface area contributed by atoms with Crippen LogP contribution in [-0.4, -0.2) is 54.9 Å². The van der Waals surface area contributed by atoms with E-state index in [0.717, 1.165) is 49.0 Å². The van der Waals surface area contributed by atoms with Gasteiger partial charge in [0.05, 0.1) is 11.9 Å². The van der Waals surface area contributed by atoms with E-state index >= 15 is 0 Å². The van der Waals surface area contributed by atoms with Crippen molar-refractivity contribution in [1.82, 2.24) is 10.2 Å². The highest BCUT2D eigenvalue weighted by atomic mass is 35.5. The Labute approximate surface area is 153 Å². The van der Waals surface area contributed by atoms with E-state index in [0.29, 0.717) is 17.9 Å². The zero-order valence-corrected chi connectivity index (χ0v) is 15.5. The second-order valence-electron chi connectivity index (χ2n) is 6.52. The van der Waals surface area contributed by atoms with Crippen LogP contribution < -0.4 is 5.32 Å². The van der Waals surface area contributed by atoms with Gasteiger partial charge < -0.3 is 15.0 Å². The lowest BCUT2D eigenvalue weighted by Gasteiger charge is -2.33. The van der Waals surface area contributed by atoms with Gasteiger partial charge in [0.15, 0.2) is 0 Å². The average molecular weight is 369 g/mol. The van der Waals surface area contributed by atoms with Crippen molar-refractivity contribution in [3.63, 3.8) is 0 Å². The van der Waals surface area contributed by atoms with Gasteiger partial charge in [-0.1, -0.05) is 11.6 Å². The van der Waals surface area contributed by atoms with Crippen LogP contribution in [0.1, 0.15) is 25.7 Å². The summed E-state index contributed by atoms with van der Waals surface area (Å²) in [4.78, 5) is 15.7. The molecule has 2 fully saturated rings. The zero-order valence-electron chi connectivity index (χ0n) is 13.9. The Balaban J connectivity index is 1.33. The van der Waals surface area contributed by atoms with E-state index in [1.54, 1.807) is 11.8 Å². The van der Waals surface area contributed by atoms with Crippen LogP contribution in [0.25, 0.3) is 0 Å². The lowest BCUT2D eigenvalue weighted by atomic mass is 10.0. The Morgan fingerprint density at radius 3 is 2.67 bits per heavy atom. The molecule has 6 heteroatoms. The first-order valence-corrected chi connectivity index (χ1v) is 10.1. The number of likely N-dealkylation sites (tertiary alicyclic amines) is 1. The third kappa shape index (κ3) is 5.66. The second-order valence-corrected chi connectivity index (χ2v) is 8.01. The SMILES string of the molecule is O=C(CSc1ccc(Cl)cc1)NC1CCN(C[C@@H]2CCCO2)CC1. The molecule has 2 aliphatic heterocycles. The molecule has 1 amide bonds. The molecular formula is C18H25ClN2O2S. The number of halogens is 1. The molecule has 0 aromatic heterocycles. The number of nitrogens with zero attached hydrogens (tertiary/aromatic N) is 1. The summed E-state index contributed by atoms with van der Waals surface area (Å²) >= 11 is 7.42. The minimum Gasteiger partial charge on any atom is -0.377 e. The number of thioether (sulfide) groups is 1. The van der Waals surface area contributed by atoms with Crippen molar-refractivity contribution in [3.05, 3.63) is 29.3 Å². The molecule has 0 radical (unpaired) electrons. The Morgan fingerprint density at radius 1 is 1.25 bits per heavy atom. The molecule has 132 valence electrons. The summed E-state index contributed by atoms with van der Waals surface area (Å²) in [6.07, 6.45) is 4.88. The standard InChI is InChI=1S/C18H25ClN2O2S/c19-14-3-5-17(6-4-14)24-13-18(22)20-15-7-9-21(10-8-15)12-16-2-1-11-23-16/h3-6,15-16H,1-2,7-13H2,(H,20,22)/t16-/m0/s1. The molecule has 0 unspecified atom stereocenters. The number of piperidine rings is 1. The molecule has 1 aromatic carbocycles. The molecule has 0 aliphatic carbocycles. The third-order valence-electron chi connectivity index (χ3n) is 4.62. The number of hydrogen-bond donors (Lipinski definition) is 1. The van der Waals surface area contributed by atoms with Gasteiger partial charge in [0, 0.05) is 42.2 Å². The number of carbonyl (C=O) groups is 1. The van der Waals surface area contributed by atoms with E-state index in [2.05, 4.69) is 10.2 Å². The molecule has 0 bridgehead atoms. The predicted molar refractivity (Wildman–Crippen MR) is 98.8 cm³/mol. The number of amides is 1. The van der Waals surface area contributed by atoms with Gasteiger partial charge in [0.2, 0.25) is 5.91 Å². The summed E-state index contributed by atoms with van der Waals surface area (Å²) in [6.45, 7) is 4.07. The molecule has 24 heavy (non-hydrogen) atoms. The van der Waals surface area contributed by atoms with Gasteiger partial charge in [-0.3, -0.25) is 4.79 Å². The van der Waals surface area contributed by atoms with Gasteiger partial charge in [-0.05, 0) is 49.9 Å². The van der Waals surface area contributed by atoms with Crippen molar-refractivity contribution in [2.75, 3.05) is 32.0 Å². The highest BCUT2D eigenvalue weighted by molar-refractivity contribution is 8.00. The third-order valence-corrected chi connectivity index (χ3v) is 5.89. The van der Waals surface area contributed by atoms with Gasteiger partial charge in [-0.2, -0.15) is 0 Å². The van der Waals surface area contributed by atoms with E-state index in [1.807, 2.05) is 24.3 Å². The number of rotatable bonds is 6. The Morgan fingerprint density at radius 2 is 2.00 bits per heavy atom. The molecule has 0 saturated carbocycles. The summed E-state index contributed by atoms with van der Waals surface area (Å²) in [6, 6.07) is 7.91. The van der Waals surface area contributed by atoms with Crippen LogP contribution in [0.5, 0.6) is 0 Å². The van der Waals surface area contributed by atoms with Crippen molar-refractivity contribution in [3.8, 4) is 0 Å². The first-order valence-electron chi connectivity index (χ1n) is 8.71. The second kappa shape index (κ2) is 9.09. The molecule has 2 aliphatic rings. The number of hydrogen-bond acceptors (Lipinski definition) is 4. The van der Waals surface area contributed by atoms with Crippen molar-refractivity contribution in [2.45, 2.75) is 42.7 Å². The lowest BCUT2D eigenvalue weighted by molar-refractivity contribution is -0.119. The maximum Gasteiger partial charge on any atom is 0.230 e. The van der Waals surface area contributed by atoms with Gasteiger partial charge in [-0.25, -0.2) is 0 Å². The average Bonchev–Trinajstić information content (AvgIpc) is 3.09. The number of benzene rings is 1. The maximum absolute atomic E-state index is 12.1. The highest BCUT2D eigenvalue weighted by Crippen LogP contribution is 2.21. The summed E-state index contributed by atoms with van der Waals surface area (Å²) in [5.41, 5.74) is 0. The molecule has 2 saturated heterocycles. The first-order chi connectivity index (χ1) is 11.7. The summed E-state index contributed by atoms with van der Waals surface area (Å²) in [5.74, 6) is 0.574. The summed E-state index contributed by atoms with van der Waals surface area (Å²) in [7, 11) is 0. The molecule has 4 nitrogen and oxygen atoms in total. The fourth-order valence-corrected chi connectivity index (χ4v) is 4.12. The Hall–Kier alpha value is -0.750. The Kier molecular flexibility index (Phi) is 6.84. The van der Waals surface area contributed by atoms with Gasteiger partial charge >= 0.3 is 0 Å². The van der Waals surface area contributed by atoms with Crippen LogP contribution in [0.2, 0.25) is 5.02 Å². The minimum atomic E-state index is 0.118. The molecular weight excluding hydrogens is 344 g/mol. The van der Waals surface area contributed by atoms with Crippen molar-refractivity contribution in [2.24, 2.45) is 0 Å². The van der Waals surface area contributed by atoms with Crippen LogP contribution in [0.4, 0.5) is 0 Å². The quantitative estimate of drug-likeness (QED) is 0.783. The van der Waals surface area contributed by atoms with Crippen molar-refractivity contribution in [1.29, 1.82) is 0 Å². The smallest absolute Gasteiger partial charge is 0.230 e. The van der Waals surface area contributed by atoms with Gasteiger partial charge in [0.1, 0.15) is 0 Å². The van der Waals surface area contributed by atoms with Crippen molar-refractivity contribution < 1.29 is 9.53 Å². The van der Waals surface area contributed by atoms with E-state index in [1.165, 1.54) is 12.8 Å². The van der Waals surface area contributed by atoms with E-state index in [4.69, 9.17) is 16.3 Å². The van der Waals surface area contributed by atoms with Gasteiger partial charge in [-0.15, -0.1) is 11.8 Å². The Bertz CT molecular complexity index is 526. The number of nitrogens with one attached hydrogen (secondary N) is 1. The fraction of sp³-hybridized carbons (Fsp3) is 0.611. The molecule has 3 rings (SSSR count). The minimum absolute atomic E-state index is 0.118. The van der Waals surface area contributed by atoms with Crippen LogP contribution in [0.3, 0.4) is 0 Å². The lowest BCUT2D eigenvalue weighted by Crippen LogP contribution is -2.46. The van der Waals surface area contributed by atoms with Crippen molar-refractivity contribution >= 4 is 29.3 Å². The summed E-state index contributed by atoms with van der Waals surface area (Å²) in [5, 5.41) is 3.89. The molecule has 0 spiro atoms. The summed E-state index contributed by atoms with van der Waals surface area (Å²) < 4.78 is 5.71. The fourth-order valence-electron chi connectivity index (χ4n) is 3.29. The number of ether oxygens (including phenoxy) is 1. The van der Waals surface area contributed by atoms with Crippen LogP contribution >= 0.6 is 23.4 Å². The number of carbonyl (C=O) groups excluding carboxylic acids is 1. The van der Waals surface area contributed by atoms with Crippen LogP contribution in [0, 0.1) is 0 Å². The molecule has 1 aromatic rings. The van der Waals surface area contributed by atoms with Gasteiger partial charge in [0.25, 0.3) is 0 Å². The molecule has 2 heterocycles. The normalized spacial score (nSPS) is 22.6.